The van der Waals surface area contributed by atoms with Crippen LogP contribution in [-0.4, -0.2) is 19.9 Å². The van der Waals surface area contributed by atoms with Crippen LogP contribution in [0.5, 0.6) is 0 Å². The minimum Gasteiger partial charge on any atom is -0.381 e. The molecule has 0 fully saturated rings. The van der Waals surface area contributed by atoms with Crippen molar-refractivity contribution in [3.63, 3.8) is 0 Å². The van der Waals surface area contributed by atoms with Gasteiger partial charge in [-0.1, -0.05) is 11.3 Å². The van der Waals surface area contributed by atoms with Crippen molar-refractivity contribution in [1.82, 2.24) is 15.0 Å². The quantitative estimate of drug-likeness (QED) is 0.632. The van der Waals surface area contributed by atoms with Gasteiger partial charge < -0.3 is 5.73 Å². The molecule has 0 amide bonds. The Kier molecular flexibility index (Phi) is 2.69. The summed E-state index contributed by atoms with van der Waals surface area (Å²) >= 11 is 0. The number of benzene rings is 1. The summed E-state index contributed by atoms with van der Waals surface area (Å²) in [5.41, 5.74) is 5.36. The third-order valence-corrected chi connectivity index (χ3v) is 2.11. The Morgan fingerprint density at radius 1 is 1.53 bits per heavy atom. The van der Waals surface area contributed by atoms with Gasteiger partial charge in [-0.25, -0.2) is 4.68 Å². The summed E-state index contributed by atoms with van der Waals surface area (Å²) in [6, 6.07) is 3.67. The number of nitro benzene ring substituents is 1. The number of anilines is 1. The largest absolute Gasteiger partial charge is 0.381 e. The van der Waals surface area contributed by atoms with Gasteiger partial charge in [0, 0.05) is 6.07 Å². The first-order chi connectivity index (χ1) is 8.06. The Bertz CT molecular complexity index is 568. The third-order valence-electron chi connectivity index (χ3n) is 2.11. The van der Waals surface area contributed by atoms with E-state index in [4.69, 9.17) is 5.73 Å². The smallest absolute Gasteiger partial charge is 0.304 e. The number of nitro groups is 1. The lowest BCUT2D eigenvalue weighted by Gasteiger charge is -2.01. The molecule has 2 aromatic rings. The molecule has 1 heterocycles. The van der Waals surface area contributed by atoms with E-state index in [-0.39, 0.29) is 12.4 Å². The van der Waals surface area contributed by atoms with Crippen LogP contribution < -0.4 is 5.73 Å². The lowest BCUT2D eigenvalue weighted by molar-refractivity contribution is -0.387. The molecule has 17 heavy (non-hydrogen) atoms. The second-order valence-corrected chi connectivity index (χ2v) is 3.38. The topological polar surface area (TPSA) is 99.9 Å². The Labute approximate surface area is 94.8 Å². The minimum absolute atomic E-state index is 0.249. The molecular formula is C9H8FN5O2. The summed E-state index contributed by atoms with van der Waals surface area (Å²) in [6.45, 7) is 0.249. The van der Waals surface area contributed by atoms with E-state index in [1.165, 1.54) is 16.9 Å². The average Bonchev–Trinajstić information content (AvgIpc) is 2.63. The van der Waals surface area contributed by atoms with E-state index < -0.39 is 16.4 Å². The van der Waals surface area contributed by atoms with Crippen LogP contribution in [0.3, 0.4) is 0 Å². The van der Waals surface area contributed by atoms with Gasteiger partial charge in [-0.3, -0.25) is 10.1 Å². The molecule has 2 N–H and O–H groups in total. The van der Waals surface area contributed by atoms with Crippen molar-refractivity contribution < 1.29 is 9.31 Å². The van der Waals surface area contributed by atoms with Crippen molar-refractivity contribution in [1.29, 1.82) is 0 Å². The molecule has 0 spiro atoms. The first kappa shape index (κ1) is 11.0. The molecule has 2 rings (SSSR count). The summed E-state index contributed by atoms with van der Waals surface area (Å²) in [6.07, 6.45) is 1.49. The normalized spacial score (nSPS) is 10.4. The summed E-state index contributed by atoms with van der Waals surface area (Å²) in [7, 11) is 0. The van der Waals surface area contributed by atoms with Gasteiger partial charge in [0.15, 0.2) is 5.82 Å². The highest BCUT2D eigenvalue weighted by Gasteiger charge is 2.13. The van der Waals surface area contributed by atoms with Crippen molar-refractivity contribution in [3.8, 4) is 0 Å². The number of nitrogen functional groups attached to an aromatic ring is 1. The molecule has 0 aliphatic rings. The zero-order valence-corrected chi connectivity index (χ0v) is 8.58. The Hall–Kier alpha value is -2.51. The molecule has 7 nitrogen and oxygen atoms in total. The number of nitrogens with zero attached hydrogens (tertiary/aromatic N) is 4. The lowest BCUT2D eigenvalue weighted by atomic mass is 10.2. The molecule has 0 radical (unpaired) electrons. The van der Waals surface area contributed by atoms with E-state index in [1.54, 1.807) is 0 Å². The van der Waals surface area contributed by atoms with Crippen LogP contribution in [0.15, 0.2) is 24.4 Å². The minimum atomic E-state index is -0.874. The van der Waals surface area contributed by atoms with E-state index in [9.17, 15) is 14.5 Å². The van der Waals surface area contributed by atoms with Crippen LogP contribution in [-0.2, 0) is 6.54 Å². The van der Waals surface area contributed by atoms with Crippen LogP contribution >= 0.6 is 0 Å². The zero-order valence-electron chi connectivity index (χ0n) is 8.58. The maximum Gasteiger partial charge on any atom is 0.304 e. The van der Waals surface area contributed by atoms with E-state index in [1.807, 2.05) is 0 Å². The molecule has 0 saturated carbocycles. The molecule has 0 atom stereocenters. The highest BCUT2D eigenvalue weighted by Crippen LogP contribution is 2.18. The number of nitrogens with two attached hydrogens (primary N) is 1. The number of aromatic nitrogens is 3. The molecule has 0 unspecified atom stereocenters. The number of halogens is 1. The number of hydrogen-bond donors (Lipinski definition) is 1. The zero-order chi connectivity index (χ0) is 12.4. The van der Waals surface area contributed by atoms with Crippen LogP contribution in [0.2, 0.25) is 0 Å². The molecule has 1 aromatic carbocycles. The van der Waals surface area contributed by atoms with E-state index in [2.05, 4.69) is 10.3 Å². The van der Waals surface area contributed by atoms with E-state index in [0.29, 0.717) is 5.56 Å². The van der Waals surface area contributed by atoms with Crippen LogP contribution in [0.1, 0.15) is 5.56 Å². The van der Waals surface area contributed by atoms with E-state index >= 15 is 0 Å². The summed E-state index contributed by atoms with van der Waals surface area (Å²) in [5, 5.41) is 17.7. The van der Waals surface area contributed by atoms with Crippen LogP contribution in [0.4, 0.5) is 15.9 Å². The fourth-order valence-electron chi connectivity index (χ4n) is 1.37. The first-order valence-corrected chi connectivity index (χ1v) is 4.64. The van der Waals surface area contributed by atoms with Gasteiger partial charge in [0.05, 0.1) is 17.7 Å². The predicted molar refractivity (Wildman–Crippen MR) is 56.6 cm³/mol. The first-order valence-electron chi connectivity index (χ1n) is 4.64. The van der Waals surface area contributed by atoms with Gasteiger partial charge in [0.2, 0.25) is 5.82 Å². The van der Waals surface area contributed by atoms with Crippen molar-refractivity contribution in [2.24, 2.45) is 0 Å². The molecule has 8 heteroatoms. The van der Waals surface area contributed by atoms with Crippen LogP contribution in [0, 0.1) is 15.9 Å². The Balaban J connectivity index is 2.23. The standard InChI is InChI=1S/C9H8FN5O2/c10-7-3-6(1-2-8(7)15(16)17)4-14-5-9(11)12-13-14/h1-3,5H,4,11H2. The summed E-state index contributed by atoms with van der Waals surface area (Å²) in [4.78, 5) is 9.64. The Morgan fingerprint density at radius 2 is 2.29 bits per heavy atom. The SMILES string of the molecule is Nc1cn(Cc2ccc([N+](=O)[O-])c(F)c2)nn1. The van der Waals surface area contributed by atoms with Gasteiger partial charge in [-0.05, 0) is 11.6 Å². The number of hydrogen-bond acceptors (Lipinski definition) is 5. The maximum absolute atomic E-state index is 13.3. The van der Waals surface area contributed by atoms with Gasteiger partial charge >= 0.3 is 5.69 Å². The monoisotopic (exact) mass is 237 g/mol. The van der Waals surface area contributed by atoms with Gasteiger partial charge in [0.25, 0.3) is 0 Å². The van der Waals surface area contributed by atoms with Gasteiger partial charge in [-0.2, -0.15) is 4.39 Å². The molecule has 0 bridgehead atoms. The summed E-state index contributed by atoms with van der Waals surface area (Å²) in [5.74, 6) is -0.618. The molecule has 0 aliphatic heterocycles. The molecule has 0 aliphatic carbocycles. The molecule has 0 saturated heterocycles. The second-order valence-electron chi connectivity index (χ2n) is 3.38. The van der Waals surface area contributed by atoms with Crippen molar-refractivity contribution in [2.75, 3.05) is 5.73 Å². The lowest BCUT2D eigenvalue weighted by Crippen LogP contribution is -2.02. The third kappa shape index (κ3) is 2.36. The van der Waals surface area contributed by atoms with Crippen molar-refractivity contribution in [3.05, 3.63) is 45.9 Å². The fourth-order valence-corrected chi connectivity index (χ4v) is 1.37. The predicted octanol–water partition coefficient (Wildman–Crippen LogP) is 0.956. The van der Waals surface area contributed by atoms with Gasteiger partial charge in [0.1, 0.15) is 0 Å². The van der Waals surface area contributed by atoms with Crippen molar-refractivity contribution in [2.45, 2.75) is 6.54 Å². The van der Waals surface area contributed by atoms with Gasteiger partial charge in [-0.15, -0.1) is 5.10 Å². The summed E-state index contributed by atoms with van der Waals surface area (Å²) < 4.78 is 14.7. The Morgan fingerprint density at radius 3 is 2.82 bits per heavy atom. The average molecular weight is 237 g/mol. The molecular weight excluding hydrogens is 229 g/mol. The fraction of sp³-hybridized carbons (Fsp3) is 0.111. The molecule has 1 aromatic heterocycles. The van der Waals surface area contributed by atoms with Crippen LogP contribution in [0.25, 0.3) is 0 Å². The number of rotatable bonds is 3. The highest BCUT2D eigenvalue weighted by atomic mass is 19.1. The second kappa shape index (κ2) is 4.16. The molecule has 88 valence electrons. The maximum atomic E-state index is 13.3. The van der Waals surface area contributed by atoms with Crippen molar-refractivity contribution >= 4 is 11.5 Å². The highest BCUT2D eigenvalue weighted by molar-refractivity contribution is 5.35. The van der Waals surface area contributed by atoms with E-state index in [0.717, 1.165) is 12.1 Å².